The monoisotopic (exact) mass is 444 g/mol. The SMILES string of the molecule is O=C(CNC(=O)c1ccccc1)NCC1CCC(C(=O)NCCCN2CCOCC2)CC1. The molecule has 3 N–H and O–H groups in total. The molecule has 3 amide bonds. The summed E-state index contributed by atoms with van der Waals surface area (Å²) in [5.74, 6) is 0.189. The van der Waals surface area contributed by atoms with Gasteiger partial charge in [-0.15, -0.1) is 0 Å². The Labute approximate surface area is 190 Å². The number of morpholine rings is 1. The summed E-state index contributed by atoms with van der Waals surface area (Å²) in [6, 6.07) is 8.85. The van der Waals surface area contributed by atoms with Gasteiger partial charge < -0.3 is 20.7 Å². The summed E-state index contributed by atoms with van der Waals surface area (Å²) in [4.78, 5) is 38.9. The molecule has 8 heteroatoms. The van der Waals surface area contributed by atoms with Crippen molar-refractivity contribution in [3.63, 3.8) is 0 Å². The van der Waals surface area contributed by atoms with Gasteiger partial charge in [0.05, 0.1) is 19.8 Å². The molecule has 0 radical (unpaired) electrons. The van der Waals surface area contributed by atoms with Crippen molar-refractivity contribution in [3.05, 3.63) is 35.9 Å². The van der Waals surface area contributed by atoms with Gasteiger partial charge >= 0.3 is 0 Å². The molecular weight excluding hydrogens is 408 g/mol. The molecule has 176 valence electrons. The number of hydrogen-bond acceptors (Lipinski definition) is 5. The molecule has 1 aromatic carbocycles. The van der Waals surface area contributed by atoms with Crippen molar-refractivity contribution >= 4 is 17.7 Å². The van der Waals surface area contributed by atoms with Crippen LogP contribution in [0.3, 0.4) is 0 Å². The molecule has 1 aliphatic heterocycles. The molecule has 1 saturated carbocycles. The lowest BCUT2D eigenvalue weighted by Gasteiger charge is -2.28. The van der Waals surface area contributed by atoms with E-state index < -0.39 is 0 Å². The molecule has 0 spiro atoms. The van der Waals surface area contributed by atoms with Crippen LogP contribution in [0.5, 0.6) is 0 Å². The maximum absolute atomic E-state index is 12.4. The van der Waals surface area contributed by atoms with Crippen molar-refractivity contribution in [2.75, 3.05) is 52.5 Å². The van der Waals surface area contributed by atoms with Gasteiger partial charge in [0.15, 0.2) is 0 Å². The Bertz CT molecular complexity index is 729. The summed E-state index contributed by atoms with van der Waals surface area (Å²) in [6.45, 7) is 5.85. The lowest BCUT2D eigenvalue weighted by Crippen LogP contribution is -2.40. The Hall–Kier alpha value is -2.45. The van der Waals surface area contributed by atoms with Gasteiger partial charge in [-0.05, 0) is 56.7 Å². The van der Waals surface area contributed by atoms with Crippen LogP contribution in [0.4, 0.5) is 0 Å². The normalized spacial score (nSPS) is 21.5. The van der Waals surface area contributed by atoms with Crippen LogP contribution in [-0.2, 0) is 14.3 Å². The lowest BCUT2D eigenvalue weighted by atomic mass is 9.81. The van der Waals surface area contributed by atoms with E-state index in [0.717, 1.165) is 71.5 Å². The van der Waals surface area contributed by atoms with Crippen molar-refractivity contribution in [1.29, 1.82) is 0 Å². The fraction of sp³-hybridized carbons (Fsp3) is 0.625. The number of rotatable bonds is 10. The fourth-order valence-electron chi connectivity index (χ4n) is 4.28. The fourth-order valence-corrected chi connectivity index (χ4v) is 4.28. The summed E-state index contributed by atoms with van der Waals surface area (Å²) in [5.41, 5.74) is 0.540. The highest BCUT2D eigenvalue weighted by molar-refractivity contribution is 5.96. The first kappa shape index (κ1) is 24.2. The highest BCUT2D eigenvalue weighted by Gasteiger charge is 2.26. The lowest BCUT2D eigenvalue weighted by molar-refractivity contribution is -0.126. The third-order valence-electron chi connectivity index (χ3n) is 6.30. The van der Waals surface area contributed by atoms with Crippen LogP contribution < -0.4 is 16.0 Å². The summed E-state index contributed by atoms with van der Waals surface area (Å²) < 4.78 is 5.35. The topological polar surface area (TPSA) is 99.8 Å². The zero-order chi connectivity index (χ0) is 22.6. The van der Waals surface area contributed by atoms with Gasteiger partial charge in [-0.3, -0.25) is 19.3 Å². The van der Waals surface area contributed by atoms with Crippen molar-refractivity contribution in [1.82, 2.24) is 20.9 Å². The molecule has 0 aromatic heterocycles. The Morgan fingerprint density at radius 3 is 2.38 bits per heavy atom. The van der Waals surface area contributed by atoms with Gasteiger partial charge in [-0.25, -0.2) is 0 Å². The number of carbonyl (C=O) groups excluding carboxylic acids is 3. The van der Waals surface area contributed by atoms with Gasteiger partial charge in [0.1, 0.15) is 0 Å². The van der Waals surface area contributed by atoms with E-state index in [9.17, 15) is 14.4 Å². The number of nitrogens with zero attached hydrogens (tertiary/aromatic N) is 1. The number of amides is 3. The van der Waals surface area contributed by atoms with Gasteiger partial charge in [-0.1, -0.05) is 18.2 Å². The van der Waals surface area contributed by atoms with Crippen LogP contribution >= 0.6 is 0 Å². The second-order valence-corrected chi connectivity index (χ2v) is 8.67. The first-order valence-electron chi connectivity index (χ1n) is 11.8. The number of benzene rings is 1. The van der Waals surface area contributed by atoms with Crippen LogP contribution in [-0.4, -0.2) is 75.1 Å². The minimum Gasteiger partial charge on any atom is -0.379 e. The standard InChI is InChI=1S/C24H36N4O4/c29-22(18-27-24(31)20-5-2-1-3-6-20)26-17-19-7-9-21(10-8-19)23(30)25-11-4-12-28-13-15-32-16-14-28/h1-3,5-6,19,21H,4,7-18H2,(H,25,30)(H,26,29)(H,27,31). The zero-order valence-corrected chi connectivity index (χ0v) is 18.8. The number of ether oxygens (including phenoxy) is 1. The Kier molecular flexibility index (Phi) is 9.97. The third kappa shape index (κ3) is 8.24. The molecular formula is C24H36N4O4. The maximum atomic E-state index is 12.4. The molecule has 32 heavy (non-hydrogen) atoms. The Morgan fingerprint density at radius 2 is 1.66 bits per heavy atom. The molecule has 0 bridgehead atoms. The number of hydrogen-bond donors (Lipinski definition) is 3. The van der Waals surface area contributed by atoms with E-state index in [2.05, 4.69) is 20.9 Å². The minimum absolute atomic E-state index is 0.0318. The molecule has 0 unspecified atom stereocenters. The van der Waals surface area contributed by atoms with E-state index in [4.69, 9.17) is 4.74 Å². The van der Waals surface area contributed by atoms with E-state index in [1.165, 1.54) is 0 Å². The molecule has 8 nitrogen and oxygen atoms in total. The second-order valence-electron chi connectivity index (χ2n) is 8.67. The predicted molar refractivity (Wildman–Crippen MR) is 122 cm³/mol. The van der Waals surface area contributed by atoms with Crippen molar-refractivity contribution in [2.24, 2.45) is 11.8 Å². The van der Waals surface area contributed by atoms with Gasteiger partial charge in [-0.2, -0.15) is 0 Å². The summed E-state index contributed by atoms with van der Waals surface area (Å²) >= 11 is 0. The van der Waals surface area contributed by atoms with Crippen molar-refractivity contribution in [3.8, 4) is 0 Å². The Balaban J connectivity index is 1.23. The summed E-state index contributed by atoms with van der Waals surface area (Å²) in [6.07, 6.45) is 4.56. The van der Waals surface area contributed by atoms with Crippen LogP contribution in [0.15, 0.2) is 30.3 Å². The highest BCUT2D eigenvalue weighted by Crippen LogP contribution is 2.28. The summed E-state index contributed by atoms with van der Waals surface area (Å²) in [5, 5.41) is 8.64. The van der Waals surface area contributed by atoms with Crippen LogP contribution in [0, 0.1) is 11.8 Å². The molecule has 1 aromatic rings. The minimum atomic E-state index is -0.253. The third-order valence-corrected chi connectivity index (χ3v) is 6.30. The summed E-state index contributed by atoms with van der Waals surface area (Å²) in [7, 11) is 0. The predicted octanol–water partition coefficient (Wildman–Crippen LogP) is 1.18. The van der Waals surface area contributed by atoms with Crippen molar-refractivity contribution < 1.29 is 19.1 Å². The molecule has 1 heterocycles. The molecule has 2 aliphatic rings. The van der Waals surface area contributed by atoms with E-state index in [-0.39, 0.29) is 30.2 Å². The first-order chi connectivity index (χ1) is 15.6. The average Bonchev–Trinajstić information content (AvgIpc) is 2.85. The van der Waals surface area contributed by atoms with E-state index in [1.54, 1.807) is 24.3 Å². The molecule has 0 atom stereocenters. The van der Waals surface area contributed by atoms with Crippen LogP contribution in [0.1, 0.15) is 42.5 Å². The molecule has 2 fully saturated rings. The molecule has 3 rings (SSSR count). The quantitative estimate of drug-likeness (QED) is 0.471. The average molecular weight is 445 g/mol. The smallest absolute Gasteiger partial charge is 0.251 e. The second kappa shape index (κ2) is 13.2. The van der Waals surface area contributed by atoms with E-state index >= 15 is 0 Å². The van der Waals surface area contributed by atoms with Gasteiger partial charge in [0, 0.05) is 37.7 Å². The maximum Gasteiger partial charge on any atom is 0.251 e. The first-order valence-corrected chi connectivity index (χ1v) is 11.8. The van der Waals surface area contributed by atoms with E-state index in [1.807, 2.05) is 6.07 Å². The number of nitrogens with one attached hydrogen (secondary N) is 3. The highest BCUT2D eigenvalue weighted by atomic mass is 16.5. The van der Waals surface area contributed by atoms with Gasteiger partial charge in [0.2, 0.25) is 11.8 Å². The Morgan fingerprint density at radius 1 is 0.938 bits per heavy atom. The largest absolute Gasteiger partial charge is 0.379 e. The van der Waals surface area contributed by atoms with E-state index in [0.29, 0.717) is 18.0 Å². The molecule has 1 saturated heterocycles. The van der Waals surface area contributed by atoms with Crippen LogP contribution in [0.2, 0.25) is 0 Å². The van der Waals surface area contributed by atoms with Crippen molar-refractivity contribution in [2.45, 2.75) is 32.1 Å². The van der Waals surface area contributed by atoms with Crippen LogP contribution in [0.25, 0.3) is 0 Å². The zero-order valence-electron chi connectivity index (χ0n) is 18.8. The number of carbonyl (C=O) groups is 3. The van der Waals surface area contributed by atoms with Gasteiger partial charge in [0.25, 0.3) is 5.91 Å². The molecule has 1 aliphatic carbocycles.